The van der Waals surface area contributed by atoms with Crippen LogP contribution < -0.4 is 5.32 Å². The van der Waals surface area contributed by atoms with E-state index in [0.717, 1.165) is 12.5 Å². The number of hydrogen-bond acceptors (Lipinski definition) is 1. The van der Waals surface area contributed by atoms with E-state index in [4.69, 9.17) is 6.42 Å². The third kappa shape index (κ3) is 5.72. The maximum absolute atomic E-state index is 5.17. The first kappa shape index (κ1) is 14.4. The third-order valence-corrected chi connectivity index (χ3v) is 3.85. The predicted molar refractivity (Wildman–Crippen MR) is 68.5 cm³/mol. The molecule has 1 nitrogen and oxygen atoms in total. The van der Waals surface area contributed by atoms with Crippen LogP contribution in [0.5, 0.6) is 0 Å². The molecule has 1 atom stereocenters. The van der Waals surface area contributed by atoms with Gasteiger partial charge in [0.15, 0.2) is 0 Å². The van der Waals surface area contributed by atoms with Crippen LogP contribution in [-0.4, -0.2) is 6.54 Å². The maximum Gasteiger partial charge on any atom is 0.0232 e. The minimum Gasteiger partial charge on any atom is -0.346 e. The Kier molecular flexibility index (Phi) is 7.30. The smallest absolute Gasteiger partial charge is 0.0232 e. The van der Waals surface area contributed by atoms with Crippen molar-refractivity contribution < 1.29 is 0 Å². The van der Waals surface area contributed by atoms with Crippen molar-refractivity contribution in [3.63, 3.8) is 0 Å². The van der Waals surface area contributed by atoms with E-state index in [9.17, 15) is 0 Å². The Bertz CT molecular complexity index is 186. The van der Waals surface area contributed by atoms with Crippen LogP contribution in [-0.2, 0) is 0 Å². The molecule has 0 aromatic rings. The van der Waals surface area contributed by atoms with Crippen molar-refractivity contribution in [3.05, 3.63) is 0 Å². The molecule has 0 aliphatic heterocycles. The summed E-state index contributed by atoms with van der Waals surface area (Å²) in [6, 6.07) is 2.49. The van der Waals surface area contributed by atoms with Crippen molar-refractivity contribution in [1.29, 1.82) is 0 Å². The normalized spacial score (nSPS) is 13.3. The van der Waals surface area contributed by atoms with E-state index in [1.807, 2.05) is 0 Å². The molecule has 1 heteroatoms. The second-order valence-corrected chi connectivity index (χ2v) is 4.86. The highest BCUT2D eigenvalue weighted by Gasteiger charge is 2.23. The Morgan fingerprint density at radius 3 is 2.27 bits per heavy atom. The van der Waals surface area contributed by atoms with E-state index < -0.39 is 0 Å². The molecule has 0 rings (SSSR count). The van der Waals surface area contributed by atoms with Gasteiger partial charge in [0.05, 0.1) is 0 Å². The quantitative estimate of drug-likeness (QED) is 0.364. The Labute approximate surface area is 96.0 Å². The summed E-state index contributed by atoms with van der Waals surface area (Å²) in [5.41, 5.74) is 0.525. The van der Waals surface area contributed by atoms with Gasteiger partial charge in [0.25, 0.3) is 0 Å². The molecule has 0 radical (unpaired) electrons. The number of rotatable bonds is 8. The molecule has 0 heterocycles. The first-order valence-corrected chi connectivity index (χ1v) is 6.30. The van der Waals surface area contributed by atoms with Crippen LogP contribution in [0.2, 0.25) is 0 Å². The Morgan fingerprint density at radius 2 is 1.87 bits per heavy atom. The summed E-state index contributed by atoms with van der Waals surface area (Å²) in [5, 5.41) is 2.96. The van der Waals surface area contributed by atoms with Crippen molar-refractivity contribution in [1.82, 2.24) is 5.32 Å². The third-order valence-electron chi connectivity index (χ3n) is 3.85. The summed E-state index contributed by atoms with van der Waals surface area (Å²) in [6.07, 6.45) is 11.5. The minimum absolute atomic E-state index is 0.525. The summed E-state index contributed by atoms with van der Waals surface area (Å²) in [4.78, 5) is 0. The highest BCUT2D eigenvalue weighted by atomic mass is 14.8. The largest absolute Gasteiger partial charge is 0.346 e. The van der Waals surface area contributed by atoms with Crippen LogP contribution in [0.4, 0.5) is 0 Å². The average molecular weight is 209 g/mol. The van der Waals surface area contributed by atoms with Crippen LogP contribution in [0, 0.1) is 23.8 Å². The van der Waals surface area contributed by atoms with Gasteiger partial charge in [-0.25, -0.2) is 0 Å². The van der Waals surface area contributed by atoms with Gasteiger partial charge >= 0.3 is 0 Å². The molecule has 1 unspecified atom stereocenters. The first-order chi connectivity index (χ1) is 7.11. The Hall–Kier alpha value is -0.640. The van der Waals surface area contributed by atoms with Crippen molar-refractivity contribution in [2.45, 2.75) is 59.8 Å². The molecule has 0 aromatic carbocycles. The van der Waals surface area contributed by atoms with Crippen molar-refractivity contribution in [3.8, 4) is 12.5 Å². The van der Waals surface area contributed by atoms with E-state index in [-0.39, 0.29) is 0 Å². The minimum atomic E-state index is 0.525. The molecule has 15 heavy (non-hydrogen) atoms. The van der Waals surface area contributed by atoms with Gasteiger partial charge < -0.3 is 5.32 Å². The van der Waals surface area contributed by atoms with Crippen molar-refractivity contribution in [2.75, 3.05) is 6.54 Å². The van der Waals surface area contributed by atoms with Gasteiger partial charge in [0.1, 0.15) is 0 Å². The zero-order valence-corrected chi connectivity index (χ0v) is 10.9. The molecule has 88 valence electrons. The van der Waals surface area contributed by atoms with Gasteiger partial charge in [-0.2, -0.15) is 0 Å². The zero-order valence-electron chi connectivity index (χ0n) is 10.9. The summed E-state index contributed by atoms with van der Waals surface area (Å²) >= 11 is 0. The van der Waals surface area contributed by atoms with Gasteiger partial charge in [-0.15, -0.1) is 0 Å². The summed E-state index contributed by atoms with van der Waals surface area (Å²) < 4.78 is 0. The zero-order chi connectivity index (χ0) is 11.7. The van der Waals surface area contributed by atoms with Crippen molar-refractivity contribution >= 4 is 0 Å². The lowest BCUT2D eigenvalue weighted by Gasteiger charge is -2.31. The molecule has 0 fully saturated rings. The molecular weight excluding hydrogens is 182 g/mol. The molecule has 0 aromatic heterocycles. The number of terminal acetylenes is 1. The van der Waals surface area contributed by atoms with E-state index in [1.165, 1.54) is 32.1 Å². The Balaban J connectivity index is 4.02. The average Bonchev–Trinajstić information content (AvgIpc) is 2.27. The molecule has 0 saturated carbocycles. The second kappa shape index (κ2) is 7.63. The van der Waals surface area contributed by atoms with Crippen LogP contribution in [0.15, 0.2) is 0 Å². The van der Waals surface area contributed by atoms with E-state index in [1.54, 1.807) is 0 Å². The molecule has 0 aliphatic carbocycles. The fourth-order valence-electron chi connectivity index (χ4n) is 2.03. The lowest BCUT2D eigenvalue weighted by atomic mass is 9.75. The lowest BCUT2D eigenvalue weighted by molar-refractivity contribution is 0.210. The molecular formula is C14H27N. The van der Waals surface area contributed by atoms with Gasteiger partial charge in [0.2, 0.25) is 0 Å². The van der Waals surface area contributed by atoms with Crippen LogP contribution >= 0.6 is 0 Å². The monoisotopic (exact) mass is 209 g/mol. The van der Waals surface area contributed by atoms with Crippen LogP contribution in [0.3, 0.4) is 0 Å². The van der Waals surface area contributed by atoms with Gasteiger partial charge in [-0.05, 0) is 24.2 Å². The molecule has 0 saturated heterocycles. The maximum atomic E-state index is 5.17. The van der Waals surface area contributed by atoms with Crippen LogP contribution in [0.25, 0.3) is 0 Å². The van der Waals surface area contributed by atoms with Gasteiger partial charge in [0, 0.05) is 12.6 Å². The molecule has 1 N–H and O–H groups in total. The molecule has 0 spiro atoms. The summed E-state index contributed by atoms with van der Waals surface area (Å²) in [6.45, 7) is 10.3. The fourth-order valence-corrected chi connectivity index (χ4v) is 2.03. The highest BCUT2D eigenvalue weighted by Crippen LogP contribution is 2.35. The molecule has 0 bridgehead atoms. The molecule has 0 aliphatic rings. The first-order valence-electron chi connectivity index (χ1n) is 6.30. The van der Waals surface area contributed by atoms with E-state index in [0.29, 0.717) is 5.41 Å². The summed E-state index contributed by atoms with van der Waals surface area (Å²) in [5.74, 6) is 0.816. The van der Waals surface area contributed by atoms with E-state index in [2.05, 4.69) is 39.1 Å². The standard InChI is InChI=1S/C14H27N/c1-6-13(10-11-15-9-4)12-14(5,7-2)8-3/h4,13,15H,6-8,10-12H2,1-3,5H3. The summed E-state index contributed by atoms with van der Waals surface area (Å²) in [7, 11) is 0. The van der Waals surface area contributed by atoms with Crippen LogP contribution in [0.1, 0.15) is 59.8 Å². The van der Waals surface area contributed by atoms with Gasteiger partial charge in [-0.3, -0.25) is 0 Å². The Morgan fingerprint density at radius 1 is 1.27 bits per heavy atom. The number of nitrogens with one attached hydrogen (secondary N) is 1. The predicted octanol–water partition coefficient (Wildman–Crippen LogP) is 3.80. The van der Waals surface area contributed by atoms with Gasteiger partial charge in [-0.1, -0.05) is 53.4 Å². The SMILES string of the molecule is C#CNCCC(CC)CC(C)(CC)CC. The van der Waals surface area contributed by atoms with E-state index >= 15 is 0 Å². The molecule has 0 amide bonds. The highest BCUT2D eigenvalue weighted by molar-refractivity contribution is 4.81. The lowest BCUT2D eigenvalue weighted by Crippen LogP contribution is -2.21. The fraction of sp³-hybridized carbons (Fsp3) is 0.857. The topological polar surface area (TPSA) is 12.0 Å². The second-order valence-electron chi connectivity index (χ2n) is 4.86. The van der Waals surface area contributed by atoms with Crippen molar-refractivity contribution in [2.24, 2.45) is 11.3 Å². The number of hydrogen-bond donors (Lipinski definition) is 1.